The molecular formula is C37H52N6O5. The predicted molar refractivity (Wildman–Crippen MR) is 183 cm³/mol. The lowest BCUT2D eigenvalue weighted by Crippen LogP contribution is -2.63. The lowest BCUT2D eigenvalue weighted by Gasteiger charge is -2.40. The number of carbonyl (C=O) groups excluding carboxylic acids is 5. The first kappa shape index (κ1) is 36.6. The average Bonchev–Trinajstić information content (AvgIpc) is 3.34. The van der Waals surface area contributed by atoms with Crippen molar-refractivity contribution in [3.63, 3.8) is 0 Å². The Morgan fingerprint density at radius 1 is 1.12 bits per heavy atom. The van der Waals surface area contributed by atoms with E-state index in [2.05, 4.69) is 52.6 Å². The van der Waals surface area contributed by atoms with Crippen LogP contribution in [-0.4, -0.2) is 76.2 Å². The summed E-state index contributed by atoms with van der Waals surface area (Å²) < 4.78 is 0. The molecule has 4 N–H and O–H groups in total. The lowest BCUT2D eigenvalue weighted by molar-refractivity contribution is -0.145. The normalized spacial score (nSPS) is 23.3. The van der Waals surface area contributed by atoms with Crippen LogP contribution in [0.5, 0.6) is 0 Å². The van der Waals surface area contributed by atoms with Crippen LogP contribution in [0, 0.1) is 35.0 Å². The number of nitrogens with zero attached hydrogens (tertiary/aromatic N) is 2. The highest BCUT2D eigenvalue weighted by molar-refractivity contribution is 6.38. The van der Waals surface area contributed by atoms with Gasteiger partial charge in [0.25, 0.3) is 5.91 Å². The smallest absolute Gasteiger partial charge is 0.315 e. The van der Waals surface area contributed by atoms with Crippen molar-refractivity contribution in [1.29, 1.82) is 0 Å². The van der Waals surface area contributed by atoms with Crippen LogP contribution in [0.25, 0.3) is 0 Å². The second-order valence-corrected chi connectivity index (χ2v) is 15.3. The number of pyridine rings is 1. The summed E-state index contributed by atoms with van der Waals surface area (Å²) in [5, 5.41) is 11.5. The standard InChI is InChI=1S/C37H52N6O5/c1-8-10-17-26(29(44)32(46)39-20-9-2)40-31(45)28-27-25(36(27,6)7)23-43(28)33(47)30(35(3,4)5)41-34(48)42-37(18-13-11-14-19-37)22-24-16-12-15-21-38-24/h1,9,12,15-16,21,25-28,30H,2,10-11,13-14,17-20,22-23H2,3-7H3,(H,39,46)(H,40,45)(H2,41,42,48)/t25-,26?,27-,28-,30+/m0/s1. The molecule has 11 nitrogen and oxygen atoms in total. The monoisotopic (exact) mass is 660 g/mol. The second kappa shape index (κ2) is 14.9. The average molecular weight is 661 g/mol. The van der Waals surface area contributed by atoms with Crippen molar-refractivity contribution < 1.29 is 24.0 Å². The Balaban J connectivity index is 1.54. The largest absolute Gasteiger partial charge is 0.346 e. The van der Waals surface area contributed by atoms with Gasteiger partial charge in [-0.1, -0.05) is 66.0 Å². The molecule has 3 fully saturated rings. The number of nitrogens with one attached hydrogen (secondary N) is 4. The molecule has 48 heavy (non-hydrogen) atoms. The van der Waals surface area contributed by atoms with E-state index in [0.717, 1.165) is 37.8 Å². The Hall–Kier alpha value is -4.20. The summed E-state index contributed by atoms with van der Waals surface area (Å²) in [4.78, 5) is 73.8. The fourth-order valence-corrected chi connectivity index (χ4v) is 7.62. The summed E-state index contributed by atoms with van der Waals surface area (Å²) in [6, 6.07) is 2.37. The number of rotatable bonds is 13. The SMILES string of the molecule is C#CCCC(NC(=O)[C@@H]1[C@@H]2[C@H](CN1C(=O)[C@@H](NC(=O)NC1(Cc3ccccn3)CCCCC1)C(C)(C)C)C2(C)C)C(=O)C(=O)NCC=C. The maximum Gasteiger partial charge on any atom is 0.315 e. The molecule has 2 aliphatic carbocycles. The van der Waals surface area contributed by atoms with Crippen LogP contribution in [0.4, 0.5) is 4.79 Å². The number of aromatic nitrogens is 1. The maximum atomic E-state index is 14.4. The van der Waals surface area contributed by atoms with Crippen LogP contribution in [0.1, 0.15) is 85.3 Å². The molecule has 1 saturated heterocycles. The van der Waals surface area contributed by atoms with Gasteiger partial charge in [-0.3, -0.25) is 24.2 Å². The van der Waals surface area contributed by atoms with Crippen molar-refractivity contribution in [2.45, 2.75) is 110 Å². The molecule has 2 heterocycles. The van der Waals surface area contributed by atoms with E-state index < -0.39 is 52.7 Å². The molecule has 5 amide bonds. The van der Waals surface area contributed by atoms with Gasteiger partial charge in [-0.25, -0.2) is 4.79 Å². The Kier molecular flexibility index (Phi) is 11.4. The Morgan fingerprint density at radius 3 is 2.44 bits per heavy atom. The number of terminal acetylenes is 1. The molecule has 2 saturated carbocycles. The van der Waals surface area contributed by atoms with Crippen molar-refractivity contribution in [3.05, 3.63) is 42.7 Å². The van der Waals surface area contributed by atoms with Crippen molar-refractivity contribution >= 4 is 29.5 Å². The molecule has 1 aromatic rings. The number of urea groups is 1. The van der Waals surface area contributed by atoms with E-state index in [1.165, 1.54) is 6.08 Å². The number of amides is 5. The van der Waals surface area contributed by atoms with Gasteiger partial charge in [0.05, 0.1) is 6.04 Å². The zero-order valence-corrected chi connectivity index (χ0v) is 29.1. The first-order valence-corrected chi connectivity index (χ1v) is 17.1. The molecule has 1 unspecified atom stereocenters. The van der Waals surface area contributed by atoms with Crippen molar-refractivity contribution in [3.8, 4) is 12.3 Å². The zero-order valence-electron chi connectivity index (χ0n) is 29.1. The van der Waals surface area contributed by atoms with Crippen LogP contribution in [0.3, 0.4) is 0 Å². The summed E-state index contributed by atoms with van der Waals surface area (Å²) in [6.07, 6.45) is 14.2. The molecule has 0 bridgehead atoms. The third-order valence-corrected chi connectivity index (χ3v) is 10.4. The second-order valence-electron chi connectivity index (χ2n) is 15.3. The summed E-state index contributed by atoms with van der Waals surface area (Å²) in [5.41, 5.74) is -0.471. The fraction of sp³-hybridized carbons (Fsp3) is 0.622. The Morgan fingerprint density at radius 2 is 1.83 bits per heavy atom. The summed E-state index contributed by atoms with van der Waals surface area (Å²) in [5.74, 6) is -0.130. The summed E-state index contributed by atoms with van der Waals surface area (Å²) in [7, 11) is 0. The molecule has 4 rings (SSSR count). The van der Waals surface area contributed by atoms with Crippen molar-refractivity contribution in [2.75, 3.05) is 13.1 Å². The number of fused-ring (bicyclic) bond motifs is 1. The van der Waals surface area contributed by atoms with Crippen LogP contribution in [0.2, 0.25) is 0 Å². The van der Waals surface area contributed by atoms with Gasteiger partial charge in [0.15, 0.2) is 0 Å². The number of ketones is 1. The highest BCUT2D eigenvalue weighted by Crippen LogP contribution is 2.65. The quantitative estimate of drug-likeness (QED) is 0.145. The Labute approximate surface area is 284 Å². The van der Waals surface area contributed by atoms with Crippen molar-refractivity contribution in [2.24, 2.45) is 22.7 Å². The number of piperidine rings is 1. The third-order valence-electron chi connectivity index (χ3n) is 10.4. The van der Waals surface area contributed by atoms with Gasteiger partial charge in [-0.05, 0) is 54.1 Å². The first-order valence-electron chi connectivity index (χ1n) is 17.1. The van der Waals surface area contributed by atoms with Gasteiger partial charge in [0, 0.05) is 43.4 Å². The number of hydrogen-bond donors (Lipinski definition) is 4. The number of Topliss-reactive ketones (excluding diaryl/α,β-unsaturated/α-hetero) is 1. The molecule has 1 aliphatic heterocycles. The van der Waals surface area contributed by atoms with Crippen LogP contribution in [0.15, 0.2) is 37.1 Å². The first-order chi connectivity index (χ1) is 22.6. The minimum atomic E-state index is -1.15. The van der Waals surface area contributed by atoms with Crippen LogP contribution >= 0.6 is 0 Å². The van der Waals surface area contributed by atoms with E-state index in [4.69, 9.17) is 6.42 Å². The molecule has 260 valence electrons. The van der Waals surface area contributed by atoms with Gasteiger partial charge in [0.2, 0.25) is 17.6 Å². The third kappa shape index (κ3) is 8.26. The highest BCUT2D eigenvalue weighted by Gasteiger charge is 2.70. The number of carbonyl (C=O) groups is 5. The fourth-order valence-electron chi connectivity index (χ4n) is 7.62. The van der Waals surface area contributed by atoms with Crippen LogP contribution in [-0.2, 0) is 25.6 Å². The molecule has 11 heteroatoms. The van der Waals surface area contributed by atoms with Gasteiger partial charge in [-0.2, -0.15) is 0 Å². The van der Waals surface area contributed by atoms with E-state index in [1.54, 1.807) is 11.1 Å². The van der Waals surface area contributed by atoms with E-state index in [9.17, 15) is 24.0 Å². The maximum absolute atomic E-state index is 14.4. The number of likely N-dealkylation sites (tertiary alicyclic amines) is 1. The van der Waals surface area contributed by atoms with Gasteiger partial charge >= 0.3 is 6.03 Å². The molecule has 5 atom stereocenters. The topological polar surface area (TPSA) is 150 Å². The minimum absolute atomic E-state index is 0.0753. The predicted octanol–water partition coefficient (Wildman–Crippen LogP) is 3.29. The number of hydrogen-bond acceptors (Lipinski definition) is 6. The molecule has 0 radical (unpaired) electrons. The van der Waals surface area contributed by atoms with E-state index >= 15 is 0 Å². The molecular weight excluding hydrogens is 608 g/mol. The van der Waals surface area contributed by atoms with Crippen LogP contribution < -0.4 is 21.3 Å². The minimum Gasteiger partial charge on any atom is -0.346 e. The zero-order chi connectivity index (χ0) is 35.3. The molecule has 1 aromatic heterocycles. The Bertz CT molecular complexity index is 1420. The molecule has 3 aliphatic rings. The van der Waals surface area contributed by atoms with Gasteiger partial charge in [-0.15, -0.1) is 18.9 Å². The molecule has 0 aromatic carbocycles. The van der Waals surface area contributed by atoms with E-state index in [-0.39, 0.29) is 42.5 Å². The van der Waals surface area contributed by atoms with Gasteiger partial charge in [0.1, 0.15) is 12.1 Å². The van der Waals surface area contributed by atoms with Gasteiger partial charge < -0.3 is 26.2 Å². The van der Waals surface area contributed by atoms with E-state index in [1.807, 2.05) is 39.0 Å². The highest BCUT2D eigenvalue weighted by atomic mass is 16.2. The summed E-state index contributed by atoms with van der Waals surface area (Å²) in [6.45, 7) is 13.8. The molecule has 0 spiro atoms. The summed E-state index contributed by atoms with van der Waals surface area (Å²) >= 11 is 0. The lowest BCUT2D eigenvalue weighted by atomic mass is 9.78. The van der Waals surface area contributed by atoms with E-state index in [0.29, 0.717) is 13.0 Å². The van der Waals surface area contributed by atoms with Crippen molar-refractivity contribution in [1.82, 2.24) is 31.2 Å².